The van der Waals surface area contributed by atoms with Crippen LogP contribution in [0.3, 0.4) is 0 Å². The molecule has 0 spiro atoms. The van der Waals surface area contributed by atoms with Gasteiger partial charge in [-0.1, -0.05) is 13.8 Å². The van der Waals surface area contributed by atoms with E-state index in [1.807, 2.05) is 27.7 Å². The first kappa shape index (κ1) is 39.4. The monoisotopic (exact) mass is 711 g/mol. The zero-order valence-electron chi connectivity index (χ0n) is 31.7. The number of aliphatic hydroxyl groups is 3. The van der Waals surface area contributed by atoms with Crippen molar-refractivity contribution < 1.29 is 58.1 Å². The molecule has 13 heteroatoms. The highest BCUT2D eigenvalue weighted by Crippen LogP contribution is 2.54. The molecule has 1 amide bonds. The van der Waals surface area contributed by atoms with Gasteiger partial charge in [-0.2, -0.15) is 0 Å². The largest absolute Gasteiger partial charge is 0.488 e. The van der Waals surface area contributed by atoms with Gasteiger partial charge < -0.3 is 53.4 Å². The van der Waals surface area contributed by atoms with Crippen LogP contribution in [-0.2, 0) is 42.7 Å². The van der Waals surface area contributed by atoms with E-state index >= 15 is 0 Å². The van der Waals surface area contributed by atoms with Gasteiger partial charge in [0, 0.05) is 52.3 Å². The predicted molar refractivity (Wildman–Crippen MR) is 180 cm³/mol. The molecule has 3 N–H and O–H groups in total. The van der Waals surface area contributed by atoms with E-state index in [4.69, 9.17) is 33.2 Å². The first-order valence-corrected chi connectivity index (χ1v) is 18.4. The summed E-state index contributed by atoms with van der Waals surface area (Å²) in [6.45, 7) is 16.5. The second-order valence-corrected chi connectivity index (χ2v) is 16.2. The van der Waals surface area contributed by atoms with Gasteiger partial charge in [0.1, 0.15) is 35.3 Å². The summed E-state index contributed by atoms with van der Waals surface area (Å²) < 4.78 is 45.0. The van der Waals surface area contributed by atoms with Crippen molar-refractivity contribution in [1.29, 1.82) is 0 Å². The van der Waals surface area contributed by atoms with Gasteiger partial charge in [0.2, 0.25) is 5.91 Å². The molecule has 0 aromatic heterocycles. The number of nitrogens with zero attached hydrogens (tertiary/aromatic N) is 1. The highest BCUT2D eigenvalue weighted by molar-refractivity contribution is 5.73. The van der Waals surface area contributed by atoms with Crippen molar-refractivity contribution in [3.05, 3.63) is 11.3 Å². The Morgan fingerprint density at radius 1 is 1.08 bits per heavy atom. The highest BCUT2D eigenvalue weighted by Gasteiger charge is 2.64. The molecule has 16 atom stereocenters. The summed E-state index contributed by atoms with van der Waals surface area (Å²) in [7, 11) is 3.32. The summed E-state index contributed by atoms with van der Waals surface area (Å²) in [5.41, 5.74) is -2.61. The lowest BCUT2D eigenvalue weighted by atomic mass is 9.63. The fourth-order valence-corrected chi connectivity index (χ4v) is 9.12. The number of hydrogen-bond donors (Lipinski definition) is 3. The van der Waals surface area contributed by atoms with Crippen molar-refractivity contribution in [3.8, 4) is 0 Å². The third-order valence-corrected chi connectivity index (χ3v) is 12.4. The van der Waals surface area contributed by atoms with E-state index in [1.54, 1.807) is 46.6 Å². The molecule has 1 saturated carbocycles. The van der Waals surface area contributed by atoms with Gasteiger partial charge in [0.25, 0.3) is 0 Å². The summed E-state index contributed by atoms with van der Waals surface area (Å²) >= 11 is 0. The molecule has 5 rings (SSSR count). The van der Waals surface area contributed by atoms with Crippen LogP contribution in [0.4, 0.5) is 0 Å². The van der Waals surface area contributed by atoms with Crippen LogP contribution >= 0.6 is 0 Å². The van der Waals surface area contributed by atoms with E-state index in [9.17, 15) is 24.9 Å². The van der Waals surface area contributed by atoms with Crippen LogP contribution in [-0.4, -0.2) is 124 Å². The van der Waals surface area contributed by atoms with Crippen LogP contribution in [0.5, 0.6) is 0 Å². The minimum atomic E-state index is -1.64. The standard InChI is InChI=1S/C37H61NO12/c1-12-26(40)37(43)16-25-29-18(2)15-36(9,50-29)32(48-27-14-24(13-19(3)45-27)38(10)23(7)39)20(4)30(21(5)34(42)49-33(25)37)47-28-17-35(8,44-11)31(41)22(6)46-28/h19-22,24-28,30-33,40-41,43H,12-17H2,1-11H3/t19?,20-,21+,22?,24?,25-,26+,27?,28?,30+,31?,32+,33+,35?,36?,37+/m0/s1. The lowest BCUT2D eigenvalue weighted by Gasteiger charge is -2.53. The van der Waals surface area contributed by atoms with E-state index in [-0.39, 0.29) is 37.3 Å². The first-order valence-electron chi connectivity index (χ1n) is 18.4. The lowest BCUT2D eigenvalue weighted by Crippen LogP contribution is -2.67. The summed E-state index contributed by atoms with van der Waals surface area (Å²) in [5, 5.41) is 33.4. The number of ether oxygens (including phenoxy) is 7. The van der Waals surface area contributed by atoms with Crippen LogP contribution < -0.4 is 0 Å². The number of esters is 1. The van der Waals surface area contributed by atoms with Gasteiger partial charge >= 0.3 is 5.97 Å². The second kappa shape index (κ2) is 14.5. The zero-order chi connectivity index (χ0) is 37.1. The average molecular weight is 712 g/mol. The van der Waals surface area contributed by atoms with Crippen molar-refractivity contribution in [2.45, 2.75) is 179 Å². The molecule has 13 nitrogen and oxygen atoms in total. The molecule has 4 aliphatic heterocycles. The topological polar surface area (TPSA) is 163 Å². The van der Waals surface area contributed by atoms with Crippen LogP contribution in [0.1, 0.15) is 101 Å². The molecule has 3 saturated heterocycles. The Morgan fingerprint density at radius 3 is 2.38 bits per heavy atom. The molecular weight excluding hydrogens is 650 g/mol. The maximum atomic E-state index is 14.2. The Hall–Kier alpha value is -1.84. The Balaban J connectivity index is 1.54. The Labute approximate surface area is 296 Å². The van der Waals surface area contributed by atoms with Crippen molar-refractivity contribution in [1.82, 2.24) is 4.90 Å². The van der Waals surface area contributed by atoms with Crippen LogP contribution in [0, 0.1) is 17.8 Å². The van der Waals surface area contributed by atoms with Gasteiger partial charge in [-0.15, -0.1) is 0 Å². The molecule has 4 fully saturated rings. The van der Waals surface area contributed by atoms with Gasteiger partial charge in [0.05, 0.1) is 41.9 Å². The molecule has 2 bridgehead atoms. The third-order valence-electron chi connectivity index (χ3n) is 12.4. The van der Waals surface area contributed by atoms with Crippen LogP contribution in [0.2, 0.25) is 0 Å². The number of rotatable bonds is 8. The minimum Gasteiger partial charge on any atom is -0.488 e. The predicted octanol–water partition coefficient (Wildman–Crippen LogP) is 3.20. The van der Waals surface area contributed by atoms with E-state index < -0.39 is 89.7 Å². The smallest absolute Gasteiger partial charge is 0.311 e. The van der Waals surface area contributed by atoms with Crippen molar-refractivity contribution in [3.63, 3.8) is 0 Å². The molecule has 0 aromatic rings. The quantitative estimate of drug-likeness (QED) is 0.316. The maximum absolute atomic E-state index is 14.2. The van der Waals surface area contributed by atoms with Crippen molar-refractivity contribution >= 4 is 11.9 Å². The Kier molecular flexibility index (Phi) is 11.4. The third kappa shape index (κ3) is 7.10. The number of amides is 1. The van der Waals surface area contributed by atoms with Crippen molar-refractivity contribution in [2.24, 2.45) is 17.8 Å². The normalized spacial score (nSPS) is 47.3. The van der Waals surface area contributed by atoms with E-state index in [0.29, 0.717) is 25.0 Å². The van der Waals surface area contributed by atoms with E-state index in [1.165, 1.54) is 7.11 Å². The van der Waals surface area contributed by atoms with Gasteiger partial charge in [-0.05, 0) is 66.4 Å². The summed E-state index contributed by atoms with van der Waals surface area (Å²) in [4.78, 5) is 28.2. The first-order chi connectivity index (χ1) is 23.3. The zero-order valence-corrected chi connectivity index (χ0v) is 31.7. The SMILES string of the molecule is CC[C@@H](O)[C@]1(O)C[C@H]2C3=C(C)CC(C)(O3)[C@H](OC3CC(N(C)C(C)=O)CC(C)O3)[C@@H](C)[C@@H](OC3CC(C)(OC)C(O)C(C)O3)[C@@H](C)C(=O)O[C@H]21. The minimum absolute atomic E-state index is 0.0411. The number of carbonyl (C=O) groups is 2. The molecule has 5 aliphatic rings. The lowest BCUT2D eigenvalue weighted by molar-refractivity contribution is -0.307. The molecular formula is C37H61NO12. The molecule has 0 aromatic carbocycles. The van der Waals surface area contributed by atoms with E-state index in [2.05, 4.69) is 0 Å². The Bertz CT molecular complexity index is 1290. The highest BCUT2D eigenvalue weighted by atomic mass is 16.7. The molecule has 50 heavy (non-hydrogen) atoms. The number of carbonyl (C=O) groups excluding carboxylic acids is 2. The van der Waals surface area contributed by atoms with Crippen molar-refractivity contribution in [2.75, 3.05) is 14.2 Å². The summed E-state index contributed by atoms with van der Waals surface area (Å²) in [6.07, 6.45) is -4.67. The van der Waals surface area contributed by atoms with Crippen LogP contribution in [0.15, 0.2) is 11.3 Å². The number of aliphatic hydroxyl groups excluding tert-OH is 2. The summed E-state index contributed by atoms with van der Waals surface area (Å²) in [5.74, 6) is -1.86. The summed E-state index contributed by atoms with van der Waals surface area (Å²) in [6, 6.07) is -0.0957. The molecule has 0 radical (unpaired) electrons. The molecule has 4 heterocycles. The second-order valence-electron chi connectivity index (χ2n) is 16.2. The van der Waals surface area contributed by atoms with Gasteiger partial charge in [0.15, 0.2) is 12.6 Å². The van der Waals surface area contributed by atoms with E-state index in [0.717, 1.165) is 5.57 Å². The number of fused-ring (bicyclic) bond motifs is 4. The van der Waals surface area contributed by atoms with Gasteiger partial charge in [-0.25, -0.2) is 0 Å². The van der Waals surface area contributed by atoms with Gasteiger partial charge in [-0.3, -0.25) is 9.59 Å². The van der Waals surface area contributed by atoms with Crippen LogP contribution in [0.25, 0.3) is 0 Å². The maximum Gasteiger partial charge on any atom is 0.311 e. The molecule has 1 aliphatic carbocycles. The fraction of sp³-hybridized carbons (Fsp3) is 0.892. The number of hydrogen-bond acceptors (Lipinski definition) is 12. The molecule has 286 valence electrons. The average Bonchev–Trinajstić information content (AvgIpc) is 3.37. The Morgan fingerprint density at radius 2 is 1.76 bits per heavy atom. The fourth-order valence-electron chi connectivity index (χ4n) is 9.12. The number of methoxy groups -OCH3 is 1. The molecule has 8 unspecified atom stereocenters.